The van der Waals surface area contributed by atoms with Gasteiger partial charge in [0.05, 0.1) is 17.8 Å². The van der Waals surface area contributed by atoms with Crippen LogP contribution in [0.5, 0.6) is 0 Å². The largest absolute Gasteiger partial charge is 0.464 e. The number of hydrogen-bond donors (Lipinski definition) is 3. The molecule has 7 heteroatoms. The van der Waals surface area contributed by atoms with Crippen LogP contribution in [-0.2, 0) is 16.0 Å². The molecule has 0 radical (unpaired) electrons. The number of rotatable bonds is 5. The molecule has 0 aliphatic rings. The summed E-state index contributed by atoms with van der Waals surface area (Å²) in [5.74, 6) is -0.660. The Morgan fingerprint density at radius 2 is 2.50 bits per heavy atom. The lowest BCUT2D eigenvalue weighted by Crippen LogP contribution is -2.35. The number of nitrogens with zero attached hydrogens (tertiary/aromatic N) is 1. The number of thiazole rings is 1. The average Bonchev–Trinajstić information content (AvgIpc) is 2.61. The summed E-state index contributed by atoms with van der Waals surface area (Å²) in [5, 5.41) is 9.24. The molecule has 0 saturated heterocycles. The summed E-state index contributed by atoms with van der Waals surface area (Å²) in [6, 6.07) is 0. The number of carbonyl (C=O) groups is 1. The van der Waals surface area contributed by atoms with Crippen LogP contribution in [0, 0.1) is 12.3 Å². The summed E-state index contributed by atoms with van der Waals surface area (Å²) in [7, 11) is 0. The first kappa shape index (κ1) is 12.4. The van der Waals surface area contributed by atoms with Crippen LogP contribution < -0.4 is 11.1 Å². The molecule has 1 rings (SSSR count). The number of carbonyl (C=O) groups excluding carboxylic acids is 1. The molecule has 1 heterocycles. The molecule has 0 saturated carbocycles. The van der Waals surface area contributed by atoms with Crippen molar-refractivity contribution in [2.24, 2.45) is 5.73 Å². The SMILES string of the molecule is Cc1ncsc1CCOC(=O)CNC(=N)N. The highest BCUT2D eigenvalue weighted by molar-refractivity contribution is 7.09. The second-order valence-corrected chi connectivity index (χ2v) is 4.04. The quantitative estimate of drug-likeness (QED) is 0.384. The molecule has 0 aromatic carbocycles. The van der Waals surface area contributed by atoms with Crippen LogP contribution in [0.2, 0.25) is 0 Å². The summed E-state index contributed by atoms with van der Waals surface area (Å²) in [6.45, 7) is 2.17. The molecule has 0 spiro atoms. The number of nitrogens with two attached hydrogens (primary N) is 1. The molecule has 4 N–H and O–H groups in total. The third-order valence-corrected chi connectivity index (χ3v) is 2.86. The molecule has 1 aromatic heterocycles. The minimum Gasteiger partial charge on any atom is -0.464 e. The van der Waals surface area contributed by atoms with Gasteiger partial charge in [-0.1, -0.05) is 0 Å². The van der Waals surface area contributed by atoms with Gasteiger partial charge >= 0.3 is 5.97 Å². The van der Waals surface area contributed by atoms with Gasteiger partial charge in [0.15, 0.2) is 5.96 Å². The molecule has 0 amide bonds. The molecule has 0 aliphatic heterocycles. The fourth-order valence-electron chi connectivity index (χ4n) is 1.04. The molecule has 1 aromatic rings. The zero-order chi connectivity index (χ0) is 12.0. The maximum atomic E-state index is 11.1. The van der Waals surface area contributed by atoms with Crippen molar-refractivity contribution in [3.63, 3.8) is 0 Å². The highest BCUT2D eigenvalue weighted by atomic mass is 32.1. The van der Waals surface area contributed by atoms with E-state index in [9.17, 15) is 4.79 Å². The fraction of sp³-hybridized carbons (Fsp3) is 0.444. The molecule has 0 unspecified atom stereocenters. The van der Waals surface area contributed by atoms with Gasteiger partial charge in [0.1, 0.15) is 6.54 Å². The van der Waals surface area contributed by atoms with Crippen LogP contribution in [0.4, 0.5) is 0 Å². The first-order valence-electron chi connectivity index (χ1n) is 4.72. The molecule has 0 bridgehead atoms. The van der Waals surface area contributed by atoms with Gasteiger partial charge in [-0.2, -0.15) is 0 Å². The predicted molar refractivity (Wildman–Crippen MR) is 61.4 cm³/mol. The van der Waals surface area contributed by atoms with Crippen LogP contribution in [0.3, 0.4) is 0 Å². The Kier molecular flexibility index (Phi) is 4.71. The van der Waals surface area contributed by atoms with E-state index in [1.54, 1.807) is 16.8 Å². The molecule has 88 valence electrons. The number of aromatic nitrogens is 1. The molecule has 0 atom stereocenters. The van der Waals surface area contributed by atoms with Gasteiger partial charge in [0.25, 0.3) is 0 Å². The summed E-state index contributed by atoms with van der Waals surface area (Å²) in [4.78, 5) is 16.3. The molecule has 0 aliphatic carbocycles. The van der Waals surface area contributed by atoms with Crippen LogP contribution >= 0.6 is 11.3 Å². The van der Waals surface area contributed by atoms with E-state index in [-0.39, 0.29) is 12.5 Å². The third-order valence-electron chi connectivity index (χ3n) is 1.86. The van der Waals surface area contributed by atoms with Crippen molar-refractivity contribution in [1.82, 2.24) is 10.3 Å². The third kappa shape index (κ3) is 4.26. The van der Waals surface area contributed by atoms with Crippen molar-refractivity contribution < 1.29 is 9.53 Å². The van der Waals surface area contributed by atoms with Crippen molar-refractivity contribution in [2.45, 2.75) is 13.3 Å². The minimum atomic E-state index is -0.419. The zero-order valence-corrected chi connectivity index (χ0v) is 9.76. The van der Waals surface area contributed by atoms with Crippen LogP contribution in [0.15, 0.2) is 5.51 Å². The van der Waals surface area contributed by atoms with Crippen molar-refractivity contribution in [1.29, 1.82) is 5.41 Å². The smallest absolute Gasteiger partial charge is 0.325 e. The number of ether oxygens (including phenoxy) is 1. The number of guanidine groups is 1. The van der Waals surface area contributed by atoms with E-state index < -0.39 is 5.97 Å². The van der Waals surface area contributed by atoms with E-state index in [4.69, 9.17) is 15.9 Å². The summed E-state index contributed by atoms with van der Waals surface area (Å²) in [6.07, 6.45) is 0.669. The highest BCUT2D eigenvalue weighted by Crippen LogP contribution is 2.12. The Bertz CT molecular complexity index is 377. The highest BCUT2D eigenvalue weighted by Gasteiger charge is 2.05. The Hall–Kier alpha value is -1.63. The average molecular weight is 242 g/mol. The second kappa shape index (κ2) is 6.06. The Labute approximate surface area is 97.3 Å². The van der Waals surface area contributed by atoms with E-state index in [1.165, 1.54) is 0 Å². The number of hydrogen-bond acceptors (Lipinski definition) is 5. The first-order chi connectivity index (χ1) is 7.59. The van der Waals surface area contributed by atoms with Gasteiger partial charge in [-0.25, -0.2) is 4.98 Å². The monoisotopic (exact) mass is 242 g/mol. The van der Waals surface area contributed by atoms with Crippen molar-refractivity contribution >= 4 is 23.3 Å². The van der Waals surface area contributed by atoms with E-state index in [2.05, 4.69) is 10.3 Å². The lowest BCUT2D eigenvalue weighted by atomic mass is 10.3. The molecule has 16 heavy (non-hydrogen) atoms. The fourth-order valence-corrected chi connectivity index (χ4v) is 1.80. The molecular weight excluding hydrogens is 228 g/mol. The van der Waals surface area contributed by atoms with Gasteiger partial charge in [-0.05, 0) is 6.92 Å². The van der Waals surface area contributed by atoms with Gasteiger partial charge in [-0.15, -0.1) is 11.3 Å². The molecule has 6 nitrogen and oxygen atoms in total. The maximum absolute atomic E-state index is 11.1. The van der Waals surface area contributed by atoms with Gasteiger partial charge in [0, 0.05) is 11.3 Å². The Balaban J connectivity index is 2.18. The first-order valence-corrected chi connectivity index (χ1v) is 5.60. The predicted octanol–water partition coefficient (Wildman–Crippen LogP) is 0.0203. The maximum Gasteiger partial charge on any atom is 0.325 e. The van der Waals surface area contributed by atoms with Crippen molar-refractivity contribution in [3.05, 3.63) is 16.1 Å². The van der Waals surface area contributed by atoms with Crippen LogP contribution in [0.1, 0.15) is 10.6 Å². The Morgan fingerprint density at radius 3 is 3.06 bits per heavy atom. The minimum absolute atomic E-state index is 0.0724. The second-order valence-electron chi connectivity index (χ2n) is 3.10. The van der Waals surface area contributed by atoms with Crippen LogP contribution in [-0.4, -0.2) is 30.1 Å². The molecule has 0 fully saturated rings. The topological polar surface area (TPSA) is 101 Å². The summed E-state index contributed by atoms with van der Waals surface area (Å²) in [5.41, 5.74) is 7.77. The van der Waals surface area contributed by atoms with Crippen molar-refractivity contribution in [2.75, 3.05) is 13.2 Å². The standard InChI is InChI=1S/C9H14N4O2S/c1-6-7(16-5-13-6)2-3-15-8(14)4-12-9(10)11/h5H,2-4H2,1H3,(H4,10,11,12). The zero-order valence-electron chi connectivity index (χ0n) is 8.95. The number of nitrogens with one attached hydrogen (secondary N) is 2. The normalized spacial score (nSPS) is 9.81. The Morgan fingerprint density at radius 1 is 1.75 bits per heavy atom. The molecular formula is C9H14N4O2S. The van der Waals surface area contributed by atoms with E-state index in [0.29, 0.717) is 13.0 Å². The lowest BCUT2D eigenvalue weighted by Gasteiger charge is -2.05. The lowest BCUT2D eigenvalue weighted by molar-refractivity contribution is -0.142. The van der Waals surface area contributed by atoms with Gasteiger partial charge < -0.3 is 15.8 Å². The van der Waals surface area contributed by atoms with E-state index >= 15 is 0 Å². The van der Waals surface area contributed by atoms with Crippen molar-refractivity contribution in [3.8, 4) is 0 Å². The number of esters is 1. The van der Waals surface area contributed by atoms with Crippen LogP contribution in [0.25, 0.3) is 0 Å². The number of aryl methyl sites for hydroxylation is 1. The summed E-state index contributed by atoms with van der Waals surface area (Å²) >= 11 is 1.55. The van der Waals surface area contributed by atoms with Gasteiger partial charge in [0.2, 0.25) is 0 Å². The van der Waals surface area contributed by atoms with E-state index in [0.717, 1.165) is 10.6 Å². The van der Waals surface area contributed by atoms with Gasteiger partial charge in [-0.3, -0.25) is 10.2 Å². The van der Waals surface area contributed by atoms with E-state index in [1.807, 2.05) is 6.92 Å². The summed E-state index contributed by atoms with van der Waals surface area (Å²) < 4.78 is 4.95.